The van der Waals surface area contributed by atoms with E-state index in [2.05, 4.69) is 25.8 Å². The number of anilines is 1. The zero-order valence-electron chi connectivity index (χ0n) is 17.3. The summed E-state index contributed by atoms with van der Waals surface area (Å²) >= 11 is 3.01. The second-order valence-corrected chi connectivity index (χ2v) is 9.56. The quantitative estimate of drug-likeness (QED) is 0.503. The minimum atomic E-state index is -0.578. The number of rotatable bonds is 7. The summed E-state index contributed by atoms with van der Waals surface area (Å²) in [5.74, 6) is 0.661. The molecule has 0 radical (unpaired) electrons. The van der Waals surface area contributed by atoms with Crippen LogP contribution in [-0.4, -0.2) is 26.9 Å². The number of aryl methyl sites for hydroxylation is 1. The molecule has 1 aliphatic carbocycles. The molecule has 1 fully saturated rings. The van der Waals surface area contributed by atoms with Gasteiger partial charge in [-0.2, -0.15) is 4.98 Å². The summed E-state index contributed by atoms with van der Waals surface area (Å²) in [6.45, 7) is 1.51. The van der Waals surface area contributed by atoms with Gasteiger partial charge in [-0.1, -0.05) is 36.9 Å². The van der Waals surface area contributed by atoms with Gasteiger partial charge in [0.15, 0.2) is 11.0 Å². The van der Waals surface area contributed by atoms with Crippen molar-refractivity contribution in [3.8, 4) is 10.6 Å². The Hall–Kier alpha value is -2.59. The van der Waals surface area contributed by atoms with Crippen molar-refractivity contribution in [2.75, 3.05) is 5.32 Å². The number of carbonyl (C=O) groups is 2. The predicted molar refractivity (Wildman–Crippen MR) is 120 cm³/mol. The Morgan fingerprint density at radius 1 is 1.16 bits per heavy atom. The van der Waals surface area contributed by atoms with E-state index in [0.29, 0.717) is 23.3 Å². The Balaban J connectivity index is 1.36. The number of nitrogens with one attached hydrogen (secondary N) is 2. The Morgan fingerprint density at radius 3 is 2.68 bits per heavy atom. The highest BCUT2D eigenvalue weighted by molar-refractivity contribution is 7.16. The topological polar surface area (TPSA) is 110 Å². The number of hydrogen-bond acceptors (Lipinski definition) is 8. The third-order valence-electron chi connectivity index (χ3n) is 5.36. The summed E-state index contributed by atoms with van der Waals surface area (Å²) in [7, 11) is 0. The van der Waals surface area contributed by atoms with Crippen LogP contribution in [0.3, 0.4) is 0 Å². The van der Waals surface area contributed by atoms with E-state index in [-0.39, 0.29) is 18.2 Å². The van der Waals surface area contributed by atoms with Crippen LogP contribution in [0, 0.1) is 0 Å². The van der Waals surface area contributed by atoms with E-state index in [9.17, 15) is 9.59 Å². The second kappa shape index (κ2) is 9.69. The maximum absolute atomic E-state index is 12.4. The first-order chi connectivity index (χ1) is 15.0. The van der Waals surface area contributed by atoms with E-state index in [1.165, 1.54) is 18.3 Å². The van der Waals surface area contributed by atoms with Gasteiger partial charge in [0.25, 0.3) is 0 Å². The van der Waals surface area contributed by atoms with Crippen LogP contribution in [0.25, 0.3) is 10.6 Å². The molecule has 0 saturated heterocycles. The summed E-state index contributed by atoms with van der Waals surface area (Å²) in [5.41, 5.74) is 0.286. The van der Waals surface area contributed by atoms with Crippen molar-refractivity contribution in [2.45, 2.75) is 63.8 Å². The Labute approximate surface area is 188 Å². The zero-order valence-corrected chi connectivity index (χ0v) is 19.0. The molecule has 0 atom stereocenters. The molecule has 0 bridgehead atoms. The van der Waals surface area contributed by atoms with Crippen LogP contribution in [0.4, 0.5) is 5.13 Å². The molecule has 2 amide bonds. The monoisotopic (exact) mass is 459 g/mol. The molecular weight excluding hydrogens is 434 g/mol. The van der Waals surface area contributed by atoms with Crippen molar-refractivity contribution < 1.29 is 14.1 Å². The highest BCUT2D eigenvalue weighted by Crippen LogP contribution is 2.34. The zero-order chi connectivity index (χ0) is 21.7. The van der Waals surface area contributed by atoms with Crippen molar-refractivity contribution in [3.05, 3.63) is 34.6 Å². The SMILES string of the molecule is CC(=O)NC1(c2noc(CCC(=O)Nc3nc(-c4cccs4)cs3)n2)CCCCCC1. The molecule has 164 valence electrons. The highest BCUT2D eigenvalue weighted by Gasteiger charge is 2.38. The highest BCUT2D eigenvalue weighted by atomic mass is 32.1. The largest absolute Gasteiger partial charge is 0.343 e. The van der Waals surface area contributed by atoms with E-state index in [1.54, 1.807) is 11.3 Å². The molecule has 0 spiro atoms. The minimum absolute atomic E-state index is 0.0991. The molecule has 0 unspecified atom stereocenters. The second-order valence-electron chi connectivity index (χ2n) is 7.75. The molecule has 3 heterocycles. The number of hydrogen-bond donors (Lipinski definition) is 2. The Kier molecular flexibility index (Phi) is 6.77. The fourth-order valence-electron chi connectivity index (χ4n) is 3.90. The number of nitrogens with zero attached hydrogens (tertiary/aromatic N) is 3. The van der Waals surface area contributed by atoms with Crippen LogP contribution in [0.1, 0.15) is 63.6 Å². The lowest BCUT2D eigenvalue weighted by Crippen LogP contribution is -2.45. The van der Waals surface area contributed by atoms with Crippen molar-refractivity contribution >= 4 is 39.6 Å². The smallest absolute Gasteiger partial charge is 0.227 e. The van der Waals surface area contributed by atoms with Crippen molar-refractivity contribution in [3.63, 3.8) is 0 Å². The lowest BCUT2D eigenvalue weighted by atomic mass is 9.89. The van der Waals surface area contributed by atoms with E-state index in [4.69, 9.17) is 4.52 Å². The van der Waals surface area contributed by atoms with Gasteiger partial charge < -0.3 is 15.2 Å². The average molecular weight is 460 g/mol. The number of aromatic nitrogens is 3. The van der Waals surface area contributed by atoms with Gasteiger partial charge in [-0.15, -0.1) is 22.7 Å². The molecule has 4 rings (SSSR count). The first-order valence-electron chi connectivity index (χ1n) is 10.5. The standard InChI is InChI=1S/C21H25N5O3S2/c1-14(27)25-21(10-4-2-3-5-11-21)19-24-18(29-26-19)9-8-17(28)23-20-22-15(13-31-20)16-7-6-12-30-16/h6-7,12-13H,2-5,8-11H2,1H3,(H,25,27)(H,22,23,28). The Morgan fingerprint density at radius 2 is 1.97 bits per heavy atom. The predicted octanol–water partition coefficient (Wildman–Crippen LogP) is 4.51. The van der Waals surface area contributed by atoms with Gasteiger partial charge in [0.05, 0.1) is 10.6 Å². The van der Waals surface area contributed by atoms with E-state index in [0.717, 1.165) is 49.1 Å². The van der Waals surface area contributed by atoms with Gasteiger partial charge in [-0.05, 0) is 24.3 Å². The van der Waals surface area contributed by atoms with Crippen molar-refractivity contribution in [2.24, 2.45) is 0 Å². The van der Waals surface area contributed by atoms with Gasteiger partial charge in [-0.3, -0.25) is 9.59 Å². The lowest BCUT2D eigenvalue weighted by Gasteiger charge is -2.30. The molecule has 0 aromatic carbocycles. The van der Waals surface area contributed by atoms with E-state index >= 15 is 0 Å². The molecule has 31 heavy (non-hydrogen) atoms. The maximum atomic E-state index is 12.4. The van der Waals surface area contributed by atoms with Gasteiger partial charge in [0.1, 0.15) is 5.54 Å². The Bertz CT molecular complexity index is 1020. The molecule has 3 aromatic rings. The molecule has 0 aliphatic heterocycles. The molecule has 2 N–H and O–H groups in total. The molecule has 3 aromatic heterocycles. The fourth-order valence-corrected chi connectivity index (χ4v) is 5.38. The summed E-state index contributed by atoms with van der Waals surface area (Å²) < 4.78 is 5.41. The van der Waals surface area contributed by atoms with Crippen molar-refractivity contribution in [1.29, 1.82) is 0 Å². The number of thiazole rings is 1. The molecule has 1 saturated carbocycles. The summed E-state index contributed by atoms with van der Waals surface area (Å²) in [4.78, 5) is 34.2. The number of amides is 2. The molecule has 10 heteroatoms. The third kappa shape index (κ3) is 5.37. The normalized spacial score (nSPS) is 15.9. The van der Waals surface area contributed by atoms with Crippen LogP contribution in [-0.2, 0) is 21.5 Å². The fraction of sp³-hybridized carbons (Fsp3) is 0.476. The molecule has 1 aliphatic rings. The van der Waals surface area contributed by atoms with Crippen LogP contribution < -0.4 is 10.6 Å². The van der Waals surface area contributed by atoms with E-state index < -0.39 is 5.54 Å². The lowest BCUT2D eigenvalue weighted by molar-refractivity contribution is -0.121. The number of thiophene rings is 1. The number of carbonyl (C=O) groups excluding carboxylic acids is 2. The van der Waals surface area contributed by atoms with Crippen LogP contribution in [0.2, 0.25) is 0 Å². The maximum Gasteiger partial charge on any atom is 0.227 e. The third-order valence-corrected chi connectivity index (χ3v) is 7.01. The van der Waals surface area contributed by atoms with Crippen molar-refractivity contribution in [1.82, 2.24) is 20.4 Å². The minimum Gasteiger partial charge on any atom is -0.343 e. The summed E-state index contributed by atoms with van der Waals surface area (Å²) in [6.07, 6.45) is 6.42. The van der Waals surface area contributed by atoms with Gasteiger partial charge in [0, 0.05) is 25.1 Å². The van der Waals surface area contributed by atoms with Crippen LogP contribution in [0.5, 0.6) is 0 Å². The van der Waals surface area contributed by atoms with Gasteiger partial charge >= 0.3 is 0 Å². The molecular formula is C21H25N5O3S2. The van der Waals surface area contributed by atoms with Gasteiger partial charge in [-0.25, -0.2) is 4.98 Å². The molecule has 8 nitrogen and oxygen atoms in total. The summed E-state index contributed by atoms with van der Waals surface area (Å²) in [6, 6.07) is 3.97. The van der Waals surface area contributed by atoms with Crippen LogP contribution >= 0.6 is 22.7 Å². The summed E-state index contributed by atoms with van der Waals surface area (Å²) in [5, 5.41) is 14.6. The van der Waals surface area contributed by atoms with Crippen LogP contribution in [0.15, 0.2) is 27.4 Å². The van der Waals surface area contributed by atoms with Gasteiger partial charge in [0.2, 0.25) is 17.7 Å². The first-order valence-corrected chi connectivity index (χ1v) is 12.2. The first kappa shape index (κ1) is 21.6. The van der Waals surface area contributed by atoms with E-state index in [1.807, 2.05) is 22.9 Å². The average Bonchev–Trinajstić information content (AvgIpc) is 3.47.